The SMILES string of the molecule is CCc1nc2c(C)cc(C)nc2n1Cc1cccc(C(N)c2ccccc2)c1. The van der Waals surface area contributed by atoms with Crippen molar-refractivity contribution < 1.29 is 0 Å². The van der Waals surface area contributed by atoms with Crippen LogP contribution in [0.5, 0.6) is 0 Å². The van der Waals surface area contributed by atoms with E-state index >= 15 is 0 Å². The second kappa shape index (κ2) is 7.56. The molecule has 0 spiro atoms. The third kappa shape index (κ3) is 3.43. The summed E-state index contributed by atoms with van der Waals surface area (Å²) in [4.78, 5) is 9.63. The van der Waals surface area contributed by atoms with Crippen LogP contribution >= 0.6 is 0 Å². The molecule has 4 heteroatoms. The standard InChI is InChI=1S/C24H26N4/c1-4-21-27-23-16(2)13-17(3)26-24(23)28(21)15-18-9-8-12-20(14-18)22(25)19-10-6-5-7-11-19/h5-14,22H,4,15,25H2,1-3H3. The van der Waals surface area contributed by atoms with Gasteiger partial charge in [0.1, 0.15) is 11.3 Å². The van der Waals surface area contributed by atoms with Crippen LogP contribution in [0.25, 0.3) is 11.2 Å². The molecular weight excluding hydrogens is 344 g/mol. The molecule has 1 atom stereocenters. The Balaban J connectivity index is 1.72. The third-order valence-corrected chi connectivity index (χ3v) is 5.23. The lowest BCUT2D eigenvalue weighted by atomic mass is 9.98. The van der Waals surface area contributed by atoms with Crippen LogP contribution in [0.1, 0.15) is 46.7 Å². The first-order valence-electron chi connectivity index (χ1n) is 9.79. The number of fused-ring (bicyclic) bond motifs is 1. The molecule has 4 nitrogen and oxygen atoms in total. The van der Waals surface area contributed by atoms with Crippen molar-refractivity contribution in [1.82, 2.24) is 14.5 Å². The van der Waals surface area contributed by atoms with E-state index in [-0.39, 0.29) is 6.04 Å². The van der Waals surface area contributed by atoms with Crippen LogP contribution in [-0.2, 0) is 13.0 Å². The first-order valence-corrected chi connectivity index (χ1v) is 9.79. The Kier molecular flexibility index (Phi) is 4.97. The Bertz CT molecular complexity index is 1110. The highest BCUT2D eigenvalue weighted by molar-refractivity contribution is 5.76. The monoisotopic (exact) mass is 370 g/mol. The number of rotatable bonds is 5. The van der Waals surface area contributed by atoms with Gasteiger partial charge in [-0.3, -0.25) is 0 Å². The van der Waals surface area contributed by atoms with Gasteiger partial charge < -0.3 is 10.3 Å². The highest BCUT2D eigenvalue weighted by Crippen LogP contribution is 2.23. The molecule has 0 fully saturated rings. The summed E-state index contributed by atoms with van der Waals surface area (Å²) in [6.07, 6.45) is 0.873. The van der Waals surface area contributed by atoms with Crippen LogP contribution in [0.2, 0.25) is 0 Å². The molecule has 2 aromatic heterocycles. The van der Waals surface area contributed by atoms with E-state index in [2.05, 4.69) is 60.9 Å². The van der Waals surface area contributed by atoms with E-state index in [1.807, 2.05) is 25.1 Å². The molecule has 142 valence electrons. The van der Waals surface area contributed by atoms with Crippen molar-refractivity contribution in [2.45, 2.75) is 39.8 Å². The molecule has 0 saturated heterocycles. The van der Waals surface area contributed by atoms with Crippen LogP contribution in [0.4, 0.5) is 0 Å². The molecule has 0 aliphatic rings. The number of aromatic nitrogens is 3. The largest absolute Gasteiger partial charge is 0.320 e. The number of pyridine rings is 1. The lowest BCUT2D eigenvalue weighted by molar-refractivity contribution is 0.742. The fourth-order valence-electron chi connectivity index (χ4n) is 3.80. The van der Waals surface area contributed by atoms with Crippen molar-refractivity contribution in [1.29, 1.82) is 0 Å². The minimum atomic E-state index is -0.131. The van der Waals surface area contributed by atoms with Gasteiger partial charge >= 0.3 is 0 Å². The molecule has 2 aromatic carbocycles. The molecule has 4 aromatic rings. The average Bonchev–Trinajstić information content (AvgIpc) is 3.06. The maximum absolute atomic E-state index is 6.51. The molecule has 0 aliphatic carbocycles. The highest BCUT2D eigenvalue weighted by atomic mass is 15.1. The molecule has 0 bridgehead atoms. The van der Waals surface area contributed by atoms with E-state index in [0.29, 0.717) is 0 Å². The van der Waals surface area contributed by atoms with Crippen molar-refractivity contribution in [2.75, 3.05) is 0 Å². The van der Waals surface area contributed by atoms with E-state index in [1.165, 1.54) is 11.1 Å². The Morgan fingerprint density at radius 3 is 2.43 bits per heavy atom. The Hall–Kier alpha value is -2.98. The Labute approximate surface area is 166 Å². The second-order valence-corrected chi connectivity index (χ2v) is 7.35. The first-order chi connectivity index (χ1) is 13.6. The molecule has 4 rings (SSSR count). The number of imidazole rings is 1. The van der Waals surface area contributed by atoms with Crippen molar-refractivity contribution in [2.24, 2.45) is 5.73 Å². The molecule has 1 unspecified atom stereocenters. The lowest BCUT2D eigenvalue weighted by Gasteiger charge is -2.15. The van der Waals surface area contributed by atoms with Crippen molar-refractivity contribution >= 4 is 11.2 Å². The van der Waals surface area contributed by atoms with Crippen molar-refractivity contribution in [3.8, 4) is 0 Å². The summed E-state index contributed by atoms with van der Waals surface area (Å²) < 4.78 is 2.24. The predicted octanol–water partition coefficient (Wildman–Crippen LogP) is 4.71. The fraction of sp³-hybridized carbons (Fsp3) is 0.250. The van der Waals surface area contributed by atoms with Gasteiger partial charge in [0.25, 0.3) is 0 Å². The minimum Gasteiger partial charge on any atom is -0.320 e. The zero-order valence-electron chi connectivity index (χ0n) is 16.7. The van der Waals surface area contributed by atoms with E-state index in [1.54, 1.807) is 0 Å². The summed E-state index contributed by atoms with van der Waals surface area (Å²) in [5.74, 6) is 1.06. The predicted molar refractivity (Wildman–Crippen MR) is 114 cm³/mol. The van der Waals surface area contributed by atoms with Gasteiger partial charge in [0.15, 0.2) is 5.65 Å². The number of hydrogen-bond donors (Lipinski definition) is 1. The summed E-state index contributed by atoms with van der Waals surface area (Å²) >= 11 is 0. The van der Waals surface area contributed by atoms with Gasteiger partial charge in [-0.05, 0) is 42.2 Å². The highest BCUT2D eigenvalue weighted by Gasteiger charge is 2.15. The molecule has 2 heterocycles. The maximum atomic E-state index is 6.51. The van der Waals surface area contributed by atoms with Crippen LogP contribution in [0.3, 0.4) is 0 Å². The number of hydrogen-bond acceptors (Lipinski definition) is 3. The Morgan fingerprint density at radius 1 is 0.929 bits per heavy atom. The van der Waals surface area contributed by atoms with Gasteiger partial charge in [-0.15, -0.1) is 0 Å². The Morgan fingerprint density at radius 2 is 1.68 bits per heavy atom. The second-order valence-electron chi connectivity index (χ2n) is 7.35. The third-order valence-electron chi connectivity index (χ3n) is 5.23. The zero-order valence-corrected chi connectivity index (χ0v) is 16.7. The lowest BCUT2D eigenvalue weighted by Crippen LogP contribution is -2.12. The number of nitrogens with zero attached hydrogens (tertiary/aromatic N) is 3. The molecule has 2 N–H and O–H groups in total. The maximum Gasteiger partial charge on any atom is 0.160 e. The van der Waals surface area contributed by atoms with E-state index in [4.69, 9.17) is 15.7 Å². The van der Waals surface area contributed by atoms with Gasteiger partial charge in [0.2, 0.25) is 0 Å². The number of benzene rings is 2. The number of aryl methyl sites for hydroxylation is 3. The molecule has 0 radical (unpaired) electrons. The molecule has 0 saturated carbocycles. The zero-order chi connectivity index (χ0) is 19.7. The van der Waals surface area contributed by atoms with Crippen LogP contribution < -0.4 is 5.73 Å². The molecular formula is C24H26N4. The van der Waals surface area contributed by atoms with Gasteiger partial charge in [-0.25, -0.2) is 9.97 Å². The van der Waals surface area contributed by atoms with E-state index in [0.717, 1.165) is 46.8 Å². The van der Waals surface area contributed by atoms with Gasteiger partial charge in [-0.2, -0.15) is 0 Å². The topological polar surface area (TPSA) is 56.7 Å². The number of nitrogens with two attached hydrogens (primary N) is 1. The molecule has 28 heavy (non-hydrogen) atoms. The van der Waals surface area contributed by atoms with Gasteiger partial charge in [0, 0.05) is 12.1 Å². The summed E-state index contributed by atoms with van der Waals surface area (Å²) in [6.45, 7) is 7.02. The van der Waals surface area contributed by atoms with Crippen LogP contribution in [0.15, 0.2) is 60.7 Å². The summed E-state index contributed by atoms with van der Waals surface area (Å²) in [5.41, 5.74) is 14.1. The first kappa shape index (κ1) is 18.4. The normalized spacial score (nSPS) is 12.4. The molecule has 0 aliphatic heterocycles. The molecule has 0 amide bonds. The van der Waals surface area contributed by atoms with E-state index < -0.39 is 0 Å². The average molecular weight is 371 g/mol. The smallest absolute Gasteiger partial charge is 0.160 e. The minimum absolute atomic E-state index is 0.131. The van der Waals surface area contributed by atoms with E-state index in [9.17, 15) is 0 Å². The quantitative estimate of drug-likeness (QED) is 0.554. The van der Waals surface area contributed by atoms with Crippen LogP contribution in [0, 0.1) is 13.8 Å². The van der Waals surface area contributed by atoms with Crippen molar-refractivity contribution in [3.05, 3.63) is 94.4 Å². The van der Waals surface area contributed by atoms with Crippen molar-refractivity contribution in [3.63, 3.8) is 0 Å². The van der Waals surface area contributed by atoms with Gasteiger partial charge in [0.05, 0.1) is 12.6 Å². The van der Waals surface area contributed by atoms with Crippen LogP contribution in [-0.4, -0.2) is 14.5 Å². The summed E-state index contributed by atoms with van der Waals surface area (Å²) in [6, 6.07) is 20.7. The summed E-state index contributed by atoms with van der Waals surface area (Å²) in [7, 11) is 0. The summed E-state index contributed by atoms with van der Waals surface area (Å²) in [5, 5.41) is 0. The van der Waals surface area contributed by atoms with Gasteiger partial charge in [-0.1, -0.05) is 61.5 Å². The fourth-order valence-corrected chi connectivity index (χ4v) is 3.80.